The number of amides is 1. The van der Waals surface area contributed by atoms with Crippen molar-refractivity contribution in [3.05, 3.63) is 65.0 Å². The van der Waals surface area contributed by atoms with Crippen LogP contribution in [0.2, 0.25) is 5.02 Å². The molecule has 2 aliphatic rings. The van der Waals surface area contributed by atoms with Crippen LogP contribution in [0.3, 0.4) is 0 Å². The summed E-state index contributed by atoms with van der Waals surface area (Å²) < 4.78 is 60.8. The number of fused-ring (bicyclic) bond motifs is 1. The molecule has 0 spiro atoms. The summed E-state index contributed by atoms with van der Waals surface area (Å²) in [6, 6.07) is 6.48. The molecule has 0 radical (unpaired) electrons. The van der Waals surface area contributed by atoms with E-state index in [1.807, 2.05) is 4.90 Å². The Bertz CT molecular complexity index is 1170. The van der Waals surface area contributed by atoms with E-state index in [1.165, 1.54) is 23.3 Å². The zero-order chi connectivity index (χ0) is 24.0. The third kappa shape index (κ3) is 4.08. The molecule has 12 heteroatoms. The summed E-state index contributed by atoms with van der Waals surface area (Å²) in [6.07, 6.45) is -3.57. The fourth-order valence-electron chi connectivity index (χ4n) is 4.37. The van der Waals surface area contributed by atoms with Crippen LogP contribution in [0.1, 0.15) is 34.8 Å². The van der Waals surface area contributed by atoms with Gasteiger partial charge < -0.3 is 19.5 Å². The first-order chi connectivity index (χ1) is 16.2. The Morgan fingerprint density at radius 2 is 1.82 bits per heavy atom. The largest absolute Gasteiger partial charge is 0.467 e. The number of benzene rings is 1. The van der Waals surface area contributed by atoms with Crippen LogP contribution in [0.4, 0.5) is 29.1 Å². The molecule has 2 aliphatic heterocycles. The molecule has 3 aromatic rings. The molecule has 1 saturated heterocycles. The maximum Gasteiger partial charge on any atom is 0.410 e. The van der Waals surface area contributed by atoms with Gasteiger partial charge >= 0.3 is 6.18 Å². The molecule has 1 aromatic carbocycles. The van der Waals surface area contributed by atoms with Crippen molar-refractivity contribution in [1.29, 1.82) is 0 Å². The highest BCUT2D eigenvalue weighted by Crippen LogP contribution is 2.46. The van der Waals surface area contributed by atoms with Gasteiger partial charge in [-0.05, 0) is 36.4 Å². The van der Waals surface area contributed by atoms with Crippen molar-refractivity contribution >= 4 is 29.0 Å². The second-order valence-electron chi connectivity index (χ2n) is 8.22. The highest BCUT2D eigenvalue weighted by Gasteiger charge is 2.48. The van der Waals surface area contributed by atoms with Gasteiger partial charge in [0.1, 0.15) is 22.4 Å². The number of aromatic nitrogens is 2. The third-order valence-corrected chi connectivity index (χ3v) is 6.50. The summed E-state index contributed by atoms with van der Waals surface area (Å²) >= 11 is 6.40. The summed E-state index contributed by atoms with van der Waals surface area (Å²) in [7, 11) is 0. The van der Waals surface area contributed by atoms with E-state index in [4.69, 9.17) is 16.0 Å². The van der Waals surface area contributed by atoms with Crippen LogP contribution in [0, 0.1) is 5.82 Å². The SMILES string of the molecule is O=C(c1nn2c(c1Cl)N[C@H](c1ccco1)C[C@H]2C(F)(F)F)N1CCN(c2ccc(F)cc2)CC1. The molecule has 7 nitrogen and oxygen atoms in total. The number of rotatable bonds is 3. The van der Waals surface area contributed by atoms with Crippen LogP contribution in [-0.2, 0) is 0 Å². The Morgan fingerprint density at radius 1 is 1.12 bits per heavy atom. The van der Waals surface area contributed by atoms with Gasteiger partial charge in [0.05, 0.1) is 12.3 Å². The van der Waals surface area contributed by atoms with E-state index in [9.17, 15) is 22.4 Å². The van der Waals surface area contributed by atoms with E-state index in [2.05, 4.69) is 10.4 Å². The maximum atomic E-state index is 13.9. The van der Waals surface area contributed by atoms with Crippen LogP contribution in [-0.4, -0.2) is 52.9 Å². The van der Waals surface area contributed by atoms with Gasteiger partial charge in [0.15, 0.2) is 11.7 Å². The van der Waals surface area contributed by atoms with Gasteiger partial charge in [-0.25, -0.2) is 9.07 Å². The molecule has 180 valence electrons. The van der Waals surface area contributed by atoms with Gasteiger partial charge in [-0.1, -0.05) is 11.6 Å². The monoisotopic (exact) mass is 497 g/mol. The number of nitrogens with one attached hydrogen (secondary N) is 1. The van der Waals surface area contributed by atoms with Gasteiger partial charge in [-0.15, -0.1) is 0 Å². The molecule has 4 heterocycles. The van der Waals surface area contributed by atoms with E-state index in [-0.39, 0.29) is 28.8 Å². The van der Waals surface area contributed by atoms with E-state index in [1.54, 1.807) is 24.3 Å². The fraction of sp³-hybridized carbons (Fsp3) is 0.364. The van der Waals surface area contributed by atoms with Crippen LogP contribution in [0.5, 0.6) is 0 Å². The molecule has 0 saturated carbocycles. The summed E-state index contributed by atoms with van der Waals surface area (Å²) in [5, 5.41) is 6.79. The lowest BCUT2D eigenvalue weighted by molar-refractivity contribution is -0.174. The van der Waals surface area contributed by atoms with Crippen molar-refractivity contribution in [2.24, 2.45) is 0 Å². The standard InChI is InChI=1S/C22H20ClF4N5O2/c23-18-19(21(33)31-9-7-30(8-10-31)14-5-3-13(24)4-6-14)29-32-17(22(25,26)27)12-15(28-20(18)32)16-2-1-11-34-16/h1-6,11,15,17,28H,7-10,12H2/t15-,17-/m0/s1. The Balaban J connectivity index is 1.37. The zero-order valence-corrected chi connectivity index (χ0v) is 18.5. The minimum absolute atomic E-state index is 0.0649. The lowest BCUT2D eigenvalue weighted by atomic mass is 10.0. The first kappa shape index (κ1) is 22.6. The number of furan rings is 1. The third-order valence-electron chi connectivity index (χ3n) is 6.14. The molecule has 2 atom stereocenters. The molecule has 0 unspecified atom stereocenters. The van der Waals surface area contributed by atoms with E-state index >= 15 is 0 Å². The number of piperazine rings is 1. The maximum absolute atomic E-state index is 13.9. The van der Waals surface area contributed by atoms with E-state index < -0.39 is 24.2 Å². The quantitative estimate of drug-likeness (QED) is 0.522. The average Bonchev–Trinajstić information content (AvgIpc) is 3.47. The Kier molecular flexibility index (Phi) is 5.67. The Morgan fingerprint density at radius 3 is 2.44 bits per heavy atom. The van der Waals surface area contributed by atoms with Gasteiger partial charge in [0, 0.05) is 38.3 Å². The number of hydrogen-bond acceptors (Lipinski definition) is 5. The highest BCUT2D eigenvalue weighted by molar-refractivity contribution is 6.36. The number of carbonyl (C=O) groups excluding carboxylic acids is 1. The van der Waals surface area contributed by atoms with Crippen LogP contribution in [0.25, 0.3) is 0 Å². The molecule has 0 aliphatic carbocycles. The number of halogens is 5. The topological polar surface area (TPSA) is 66.5 Å². The number of anilines is 2. The fourth-order valence-corrected chi connectivity index (χ4v) is 4.63. The minimum atomic E-state index is -4.60. The molecule has 5 rings (SSSR count). The van der Waals surface area contributed by atoms with Gasteiger partial charge in [0.25, 0.3) is 5.91 Å². The molecule has 0 bridgehead atoms. The first-order valence-electron chi connectivity index (χ1n) is 10.7. The minimum Gasteiger partial charge on any atom is -0.467 e. The zero-order valence-electron chi connectivity index (χ0n) is 17.7. The predicted molar refractivity (Wildman–Crippen MR) is 117 cm³/mol. The van der Waals surface area contributed by atoms with Gasteiger partial charge in [0.2, 0.25) is 0 Å². The smallest absolute Gasteiger partial charge is 0.410 e. The van der Waals surface area contributed by atoms with Crippen molar-refractivity contribution in [1.82, 2.24) is 14.7 Å². The van der Waals surface area contributed by atoms with Crippen molar-refractivity contribution in [2.45, 2.75) is 24.7 Å². The molecule has 1 amide bonds. The first-order valence-corrected chi connectivity index (χ1v) is 11.0. The molecular formula is C22H20ClF4N5O2. The van der Waals surface area contributed by atoms with E-state index in [0.29, 0.717) is 31.9 Å². The molecule has 1 N–H and O–H groups in total. The van der Waals surface area contributed by atoms with Crippen LogP contribution < -0.4 is 10.2 Å². The van der Waals surface area contributed by atoms with Gasteiger partial charge in [-0.2, -0.15) is 18.3 Å². The normalized spacial score (nSPS) is 20.7. The summed E-state index contributed by atoms with van der Waals surface area (Å²) in [5.41, 5.74) is 0.596. The number of alkyl halides is 3. The second-order valence-corrected chi connectivity index (χ2v) is 8.59. The summed E-state index contributed by atoms with van der Waals surface area (Å²) in [6.45, 7) is 1.60. The summed E-state index contributed by atoms with van der Waals surface area (Å²) in [5.74, 6) is -0.605. The van der Waals surface area contributed by atoms with Crippen molar-refractivity contribution in [2.75, 3.05) is 36.4 Å². The Hall–Kier alpha value is -3.21. The lowest BCUT2D eigenvalue weighted by Gasteiger charge is -2.35. The second kappa shape index (κ2) is 8.53. The van der Waals surface area contributed by atoms with Crippen molar-refractivity contribution in [3.8, 4) is 0 Å². The van der Waals surface area contributed by atoms with E-state index in [0.717, 1.165) is 10.4 Å². The Labute approximate surface area is 196 Å². The summed E-state index contributed by atoms with van der Waals surface area (Å²) in [4.78, 5) is 16.7. The number of carbonyl (C=O) groups is 1. The molecule has 1 fully saturated rings. The van der Waals surface area contributed by atoms with Crippen LogP contribution >= 0.6 is 11.6 Å². The van der Waals surface area contributed by atoms with Gasteiger partial charge in [-0.3, -0.25) is 4.79 Å². The lowest BCUT2D eigenvalue weighted by Crippen LogP contribution is -2.49. The molecular weight excluding hydrogens is 478 g/mol. The predicted octanol–water partition coefficient (Wildman–Crippen LogP) is 4.89. The average molecular weight is 498 g/mol. The molecule has 34 heavy (non-hydrogen) atoms. The van der Waals surface area contributed by atoms with Crippen molar-refractivity contribution < 1.29 is 26.8 Å². The number of nitrogens with zero attached hydrogens (tertiary/aromatic N) is 4. The van der Waals surface area contributed by atoms with Crippen LogP contribution in [0.15, 0.2) is 47.1 Å². The van der Waals surface area contributed by atoms with Crippen molar-refractivity contribution in [3.63, 3.8) is 0 Å². The molecule has 2 aromatic heterocycles. The highest BCUT2D eigenvalue weighted by atomic mass is 35.5. The number of hydrogen-bond donors (Lipinski definition) is 1.